The molecule has 0 saturated carbocycles. The number of amides is 1. The number of carbonyl (C=O) groups excluding carboxylic acids is 1. The van der Waals surface area contributed by atoms with Gasteiger partial charge in [-0.3, -0.25) is 4.79 Å². The molecule has 1 amide bonds. The smallest absolute Gasteiger partial charge is 0.233 e. The van der Waals surface area contributed by atoms with Crippen molar-refractivity contribution in [2.24, 2.45) is 0 Å². The second-order valence-electron chi connectivity index (χ2n) is 3.63. The zero-order valence-electron chi connectivity index (χ0n) is 9.64. The first-order valence-corrected chi connectivity index (χ1v) is 5.73. The van der Waals surface area contributed by atoms with E-state index >= 15 is 0 Å². The number of carbonyl (C=O) groups is 1. The van der Waals surface area contributed by atoms with Gasteiger partial charge in [-0.1, -0.05) is 17.7 Å². The average Bonchev–Trinajstić information content (AvgIpc) is 2.22. The van der Waals surface area contributed by atoms with Gasteiger partial charge in [0.25, 0.3) is 0 Å². The molecule has 0 saturated heterocycles. The summed E-state index contributed by atoms with van der Waals surface area (Å²) in [6, 6.07) is 5.75. The fourth-order valence-corrected chi connectivity index (χ4v) is 1.65. The molecule has 1 aromatic rings. The molecular formula is C12H17ClN2O. The number of benzene rings is 1. The van der Waals surface area contributed by atoms with Crippen molar-refractivity contribution >= 4 is 17.5 Å². The van der Waals surface area contributed by atoms with E-state index in [1.807, 2.05) is 32.0 Å². The standard InChI is InChI=1S/C12H17ClN2O/c1-3-15-12(16)8-14-7-10-4-5-11(13)6-9(10)2/h4-6,14H,3,7-8H2,1-2H3,(H,15,16). The SMILES string of the molecule is CCNC(=O)CNCc1ccc(Cl)cc1C. The number of rotatable bonds is 5. The zero-order chi connectivity index (χ0) is 12.0. The van der Waals surface area contributed by atoms with Crippen molar-refractivity contribution < 1.29 is 4.79 Å². The first kappa shape index (κ1) is 13.0. The first-order valence-electron chi connectivity index (χ1n) is 5.36. The second-order valence-corrected chi connectivity index (χ2v) is 4.06. The van der Waals surface area contributed by atoms with Gasteiger partial charge in [0.1, 0.15) is 0 Å². The van der Waals surface area contributed by atoms with Crippen LogP contribution in [-0.2, 0) is 11.3 Å². The zero-order valence-corrected chi connectivity index (χ0v) is 10.4. The van der Waals surface area contributed by atoms with Gasteiger partial charge in [0.15, 0.2) is 0 Å². The maximum atomic E-state index is 11.2. The summed E-state index contributed by atoms with van der Waals surface area (Å²) in [5.41, 5.74) is 2.30. The Balaban J connectivity index is 2.40. The van der Waals surface area contributed by atoms with Crippen LogP contribution in [0.3, 0.4) is 0 Å². The van der Waals surface area contributed by atoms with E-state index in [1.54, 1.807) is 0 Å². The molecule has 0 aliphatic rings. The van der Waals surface area contributed by atoms with Gasteiger partial charge >= 0.3 is 0 Å². The number of nitrogens with one attached hydrogen (secondary N) is 2. The molecule has 0 aromatic heterocycles. The Bertz CT molecular complexity index is 366. The van der Waals surface area contributed by atoms with Crippen molar-refractivity contribution in [3.63, 3.8) is 0 Å². The number of likely N-dealkylation sites (N-methyl/N-ethyl adjacent to an activating group) is 1. The summed E-state index contributed by atoms with van der Waals surface area (Å²) >= 11 is 5.86. The molecule has 0 aliphatic heterocycles. The highest BCUT2D eigenvalue weighted by Gasteiger charge is 2.01. The fraction of sp³-hybridized carbons (Fsp3) is 0.417. The molecular weight excluding hydrogens is 224 g/mol. The van der Waals surface area contributed by atoms with Crippen molar-refractivity contribution in [2.75, 3.05) is 13.1 Å². The second kappa shape index (κ2) is 6.51. The highest BCUT2D eigenvalue weighted by molar-refractivity contribution is 6.30. The van der Waals surface area contributed by atoms with Gasteiger partial charge in [0.05, 0.1) is 6.54 Å². The Labute approximate surface area is 101 Å². The Hall–Kier alpha value is -1.06. The van der Waals surface area contributed by atoms with Crippen LogP contribution in [-0.4, -0.2) is 19.0 Å². The minimum absolute atomic E-state index is 0.0223. The summed E-state index contributed by atoms with van der Waals surface area (Å²) in [6.07, 6.45) is 0. The third-order valence-electron chi connectivity index (χ3n) is 2.28. The van der Waals surface area contributed by atoms with Crippen LogP contribution >= 0.6 is 11.6 Å². The number of hydrogen-bond donors (Lipinski definition) is 2. The average molecular weight is 241 g/mol. The molecule has 0 aliphatic carbocycles. The Kier molecular flexibility index (Phi) is 5.29. The third-order valence-corrected chi connectivity index (χ3v) is 2.51. The highest BCUT2D eigenvalue weighted by Crippen LogP contribution is 2.14. The Morgan fingerprint density at radius 2 is 2.19 bits per heavy atom. The van der Waals surface area contributed by atoms with Gasteiger partial charge in [0, 0.05) is 18.1 Å². The summed E-state index contributed by atoms with van der Waals surface area (Å²) in [7, 11) is 0. The van der Waals surface area contributed by atoms with E-state index < -0.39 is 0 Å². The molecule has 0 radical (unpaired) electrons. The molecule has 4 heteroatoms. The van der Waals surface area contributed by atoms with E-state index in [0.717, 1.165) is 16.1 Å². The molecule has 0 spiro atoms. The van der Waals surface area contributed by atoms with Gasteiger partial charge < -0.3 is 10.6 Å². The lowest BCUT2D eigenvalue weighted by Crippen LogP contribution is -2.33. The molecule has 0 fully saturated rings. The van der Waals surface area contributed by atoms with Crippen LogP contribution in [0.25, 0.3) is 0 Å². The predicted octanol–water partition coefficient (Wildman–Crippen LogP) is 1.87. The number of halogens is 1. The minimum Gasteiger partial charge on any atom is -0.355 e. The van der Waals surface area contributed by atoms with Crippen molar-refractivity contribution in [1.29, 1.82) is 0 Å². The third kappa shape index (κ3) is 4.21. The van der Waals surface area contributed by atoms with Crippen molar-refractivity contribution in [3.05, 3.63) is 34.3 Å². The monoisotopic (exact) mass is 240 g/mol. The molecule has 0 bridgehead atoms. The van der Waals surface area contributed by atoms with E-state index in [9.17, 15) is 4.79 Å². The van der Waals surface area contributed by atoms with Gasteiger partial charge in [0.2, 0.25) is 5.91 Å². The van der Waals surface area contributed by atoms with Crippen molar-refractivity contribution in [2.45, 2.75) is 20.4 Å². The summed E-state index contributed by atoms with van der Waals surface area (Å²) < 4.78 is 0. The maximum Gasteiger partial charge on any atom is 0.233 e. The van der Waals surface area contributed by atoms with Crippen molar-refractivity contribution in [3.8, 4) is 0 Å². The van der Waals surface area contributed by atoms with Crippen LogP contribution in [0.2, 0.25) is 5.02 Å². The molecule has 1 rings (SSSR count). The quantitative estimate of drug-likeness (QED) is 0.825. The van der Waals surface area contributed by atoms with Gasteiger partial charge in [-0.25, -0.2) is 0 Å². The lowest BCUT2D eigenvalue weighted by atomic mass is 10.1. The highest BCUT2D eigenvalue weighted by atomic mass is 35.5. The molecule has 88 valence electrons. The fourth-order valence-electron chi connectivity index (χ4n) is 1.43. The topological polar surface area (TPSA) is 41.1 Å². The lowest BCUT2D eigenvalue weighted by Gasteiger charge is -2.08. The van der Waals surface area contributed by atoms with E-state index in [4.69, 9.17) is 11.6 Å². The molecule has 0 heterocycles. The van der Waals surface area contributed by atoms with Crippen LogP contribution in [0.4, 0.5) is 0 Å². The maximum absolute atomic E-state index is 11.2. The summed E-state index contributed by atoms with van der Waals surface area (Å²) in [5.74, 6) is 0.0223. The first-order chi connectivity index (χ1) is 7.63. The molecule has 1 aromatic carbocycles. The molecule has 0 atom stereocenters. The van der Waals surface area contributed by atoms with Crippen molar-refractivity contribution in [1.82, 2.24) is 10.6 Å². The van der Waals surface area contributed by atoms with Crippen LogP contribution in [0, 0.1) is 6.92 Å². The normalized spacial score (nSPS) is 10.2. The van der Waals surface area contributed by atoms with E-state index in [-0.39, 0.29) is 5.91 Å². The summed E-state index contributed by atoms with van der Waals surface area (Å²) in [5, 5.41) is 6.57. The van der Waals surface area contributed by atoms with Crippen LogP contribution in [0.5, 0.6) is 0 Å². The van der Waals surface area contributed by atoms with E-state index in [0.29, 0.717) is 19.6 Å². The largest absolute Gasteiger partial charge is 0.355 e. The van der Waals surface area contributed by atoms with E-state index in [2.05, 4.69) is 10.6 Å². The predicted molar refractivity (Wildman–Crippen MR) is 66.6 cm³/mol. The van der Waals surface area contributed by atoms with E-state index in [1.165, 1.54) is 0 Å². The van der Waals surface area contributed by atoms with Crippen LogP contribution < -0.4 is 10.6 Å². The number of hydrogen-bond acceptors (Lipinski definition) is 2. The van der Waals surface area contributed by atoms with Crippen LogP contribution in [0.1, 0.15) is 18.1 Å². The molecule has 3 nitrogen and oxygen atoms in total. The molecule has 16 heavy (non-hydrogen) atoms. The Morgan fingerprint density at radius 1 is 1.44 bits per heavy atom. The van der Waals surface area contributed by atoms with Crippen LogP contribution in [0.15, 0.2) is 18.2 Å². The lowest BCUT2D eigenvalue weighted by molar-refractivity contribution is -0.120. The summed E-state index contributed by atoms with van der Waals surface area (Å²) in [6.45, 7) is 5.60. The van der Waals surface area contributed by atoms with Gasteiger partial charge in [-0.05, 0) is 37.1 Å². The Morgan fingerprint density at radius 3 is 2.81 bits per heavy atom. The van der Waals surface area contributed by atoms with Gasteiger partial charge in [-0.15, -0.1) is 0 Å². The van der Waals surface area contributed by atoms with Gasteiger partial charge in [-0.2, -0.15) is 0 Å². The minimum atomic E-state index is 0.0223. The molecule has 2 N–H and O–H groups in total. The molecule has 0 unspecified atom stereocenters. The summed E-state index contributed by atoms with van der Waals surface area (Å²) in [4.78, 5) is 11.2. The number of aryl methyl sites for hydroxylation is 1.